The Labute approximate surface area is 186 Å². The molecule has 0 bridgehead atoms. The van der Waals surface area contributed by atoms with E-state index in [1.165, 1.54) is 39.7 Å². The van der Waals surface area contributed by atoms with Crippen molar-refractivity contribution in [1.82, 2.24) is 19.4 Å². The van der Waals surface area contributed by atoms with Gasteiger partial charge >= 0.3 is 5.69 Å². The molecule has 0 saturated heterocycles. The molecule has 5 aromatic rings. The van der Waals surface area contributed by atoms with Gasteiger partial charge in [-0.2, -0.15) is 14.9 Å². The summed E-state index contributed by atoms with van der Waals surface area (Å²) >= 11 is 0. The summed E-state index contributed by atoms with van der Waals surface area (Å²) in [6, 6.07) is 20.7. The molecular weight excluding hydrogens is 424 g/mol. The van der Waals surface area contributed by atoms with Crippen molar-refractivity contribution in [3.8, 4) is 28.3 Å². The molecule has 33 heavy (non-hydrogen) atoms. The summed E-state index contributed by atoms with van der Waals surface area (Å²) in [7, 11) is 0. The number of nitrogens with zero attached hydrogens (tertiary/aromatic N) is 5. The summed E-state index contributed by atoms with van der Waals surface area (Å²) in [5.41, 5.74) is 3.69. The number of benzene rings is 3. The molecule has 0 atom stereocenters. The number of rotatable bonds is 4. The average molecular weight is 439 g/mol. The van der Waals surface area contributed by atoms with Gasteiger partial charge in [-0.3, -0.25) is 0 Å². The first kappa shape index (κ1) is 20.3. The van der Waals surface area contributed by atoms with Gasteiger partial charge in [0, 0.05) is 11.1 Å². The lowest BCUT2D eigenvalue weighted by Crippen LogP contribution is -2.23. The maximum absolute atomic E-state index is 13.6. The fourth-order valence-electron chi connectivity index (χ4n) is 3.67. The molecule has 6 nitrogen and oxygen atoms in total. The van der Waals surface area contributed by atoms with Crippen LogP contribution in [0.4, 0.5) is 8.78 Å². The zero-order valence-corrected chi connectivity index (χ0v) is 17.1. The highest BCUT2D eigenvalue weighted by Gasteiger charge is 2.19. The van der Waals surface area contributed by atoms with Gasteiger partial charge in [-0.25, -0.2) is 18.3 Å². The Morgan fingerprint density at radius 2 is 1.45 bits per heavy atom. The zero-order valence-electron chi connectivity index (χ0n) is 17.1. The second-order valence-corrected chi connectivity index (χ2v) is 7.43. The minimum atomic E-state index is -0.441. The average Bonchev–Trinajstić information content (AvgIpc) is 3.15. The first-order valence-electron chi connectivity index (χ1n) is 10.0. The molecule has 0 aliphatic heterocycles. The third kappa shape index (κ3) is 3.77. The van der Waals surface area contributed by atoms with Gasteiger partial charge in [0.2, 0.25) is 0 Å². The number of fused-ring (bicyclic) bond motifs is 1. The van der Waals surface area contributed by atoms with Gasteiger partial charge in [0.05, 0.1) is 24.4 Å². The van der Waals surface area contributed by atoms with Gasteiger partial charge in [-0.05, 0) is 53.1 Å². The van der Waals surface area contributed by atoms with Gasteiger partial charge in [0.15, 0.2) is 5.65 Å². The number of hydrogen-bond acceptors (Lipinski definition) is 4. The molecule has 0 fully saturated rings. The Kier molecular flexibility index (Phi) is 4.99. The summed E-state index contributed by atoms with van der Waals surface area (Å²) in [4.78, 5) is 13.0. The van der Waals surface area contributed by atoms with Gasteiger partial charge in [0.1, 0.15) is 11.6 Å². The van der Waals surface area contributed by atoms with Crippen molar-refractivity contribution in [2.45, 2.75) is 6.54 Å². The second kappa shape index (κ2) is 8.13. The Morgan fingerprint density at radius 3 is 2.06 bits per heavy atom. The monoisotopic (exact) mass is 439 g/mol. The van der Waals surface area contributed by atoms with Gasteiger partial charge < -0.3 is 0 Å². The van der Waals surface area contributed by atoms with E-state index in [1.54, 1.807) is 48.5 Å². The highest BCUT2D eigenvalue weighted by Crippen LogP contribution is 2.34. The minimum absolute atomic E-state index is 0.183. The van der Waals surface area contributed by atoms with E-state index in [9.17, 15) is 13.6 Å². The second-order valence-electron chi connectivity index (χ2n) is 7.43. The normalized spacial score (nSPS) is 10.9. The van der Waals surface area contributed by atoms with E-state index in [1.807, 2.05) is 0 Å². The largest absolute Gasteiger partial charge is 0.367 e. The van der Waals surface area contributed by atoms with E-state index in [2.05, 4.69) is 16.3 Å². The van der Waals surface area contributed by atoms with Crippen molar-refractivity contribution < 1.29 is 8.78 Å². The Balaban J connectivity index is 1.71. The van der Waals surface area contributed by atoms with Crippen molar-refractivity contribution in [2.75, 3.05) is 0 Å². The number of halogens is 2. The van der Waals surface area contributed by atoms with Crippen LogP contribution in [-0.4, -0.2) is 19.4 Å². The Hall–Kier alpha value is -4.64. The molecule has 2 aromatic heterocycles. The predicted octanol–water partition coefficient (Wildman–Crippen LogP) is 4.42. The molecule has 5 rings (SSSR count). The summed E-state index contributed by atoms with van der Waals surface area (Å²) in [5, 5.41) is 17.8. The minimum Gasteiger partial charge on any atom is -0.244 e. The fraction of sp³-hybridized carbons (Fsp3) is 0.0400. The van der Waals surface area contributed by atoms with Crippen LogP contribution in [0.15, 0.2) is 83.8 Å². The molecule has 0 N–H and O–H groups in total. The summed E-state index contributed by atoms with van der Waals surface area (Å²) in [6.07, 6.45) is 1.52. The van der Waals surface area contributed by atoms with Crippen LogP contribution in [0.3, 0.4) is 0 Å². The van der Waals surface area contributed by atoms with E-state index in [0.717, 1.165) is 5.56 Å². The lowest BCUT2D eigenvalue weighted by molar-refractivity contribution is 0.627. The third-order valence-electron chi connectivity index (χ3n) is 5.32. The van der Waals surface area contributed by atoms with E-state index >= 15 is 0 Å². The van der Waals surface area contributed by atoms with Crippen LogP contribution in [0, 0.1) is 23.0 Å². The smallest absolute Gasteiger partial charge is 0.244 e. The van der Waals surface area contributed by atoms with E-state index in [0.29, 0.717) is 33.5 Å². The molecule has 0 radical (unpaired) electrons. The van der Waals surface area contributed by atoms with E-state index in [-0.39, 0.29) is 12.4 Å². The molecule has 160 valence electrons. The third-order valence-corrected chi connectivity index (χ3v) is 5.32. The summed E-state index contributed by atoms with van der Waals surface area (Å²) < 4.78 is 29.6. The molecule has 3 aromatic carbocycles. The molecule has 0 saturated carbocycles. The summed E-state index contributed by atoms with van der Waals surface area (Å²) in [5.74, 6) is -0.769. The van der Waals surface area contributed by atoms with Crippen molar-refractivity contribution in [3.05, 3.63) is 112 Å². The van der Waals surface area contributed by atoms with Crippen molar-refractivity contribution >= 4 is 5.65 Å². The highest BCUT2D eigenvalue weighted by molar-refractivity contribution is 5.91. The molecule has 0 unspecified atom stereocenters. The molecule has 0 amide bonds. The van der Waals surface area contributed by atoms with Crippen LogP contribution in [0.25, 0.3) is 27.9 Å². The van der Waals surface area contributed by atoms with E-state index < -0.39 is 11.5 Å². The number of nitriles is 1. The number of aromatic nitrogens is 4. The molecular formula is C25H15F2N5O. The van der Waals surface area contributed by atoms with Crippen LogP contribution >= 0.6 is 0 Å². The highest BCUT2D eigenvalue weighted by atomic mass is 19.1. The Bertz CT molecular complexity index is 1560. The van der Waals surface area contributed by atoms with Crippen LogP contribution in [-0.2, 0) is 6.54 Å². The predicted molar refractivity (Wildman–Crippen MR) is 118 cm³/mol. The molecule has 2 heterocycles. The van der Waals surface area contributed by atoms with E-state index in [4.69, 9.17) is 5.26 Å². The first-order chi connectivity index (χ1) is 16.0. The van der Waals surface area contributed by atoms with Gasteiger partial charge in [-0.1, -0.05) is 36.4 Å². The molecule has 0 aliphatic rings. The lowest BCUT2D eigenvalue weighted by Gasteiger charge is -2.10. The van der Waals surface area contributed by atoms with Crippen LogP contribution in [0.1, 0.15) is 11.1 Å². The molecule has 8 heteroatoms. The quantitative estimate of drug-likeness (QED) is 0.415. The zero-order chi connectivity index (χ0) is 22.9. The van der Waals surface area contributed by atoms with Crippen molar-refractivity contribution in [2.24, 2.45) is 0 Å². The fourth-order valence-corrected chi connectivity index (χ4v) is 3.67. The first-order valence-corrected chi connectivity index (χ1v) is 10.0. The van der Waals surface area contributed by atoms with Gasteiger partial charge in [0.25, 0.3) is 0 Å². The summed E-state index contributed by atoms with van der Waals surface area (Å²) in [6.45, 7) is 0.183. The molecule has 0 spiro atoms. The van der Waals surface area contributed by atoms with Gasteiger partial charge in [-0.15, -0.1) is 5.10 Å². The van der Waals surface area contributed by atoms with Crippen LogP contribution in [0.5, 0.6) is 0 Å². The van der Waals surface area contributed by atoms with Crippen LogP contribution < -0.4 is 5.69 Å². The van der Waals surface area contributed by atoms with Crippen molar-refractivity contribution in [3.63, 3.8) is 0 Å². The lowest BCUT2D eigenvalue weighted by atomic mass is 9.97. The standard InChI is InChI=1S/C25H15F2N5O/c26-20-9-5-18(6-10-20)22-14-29-32-24(23(22)19-7-11-21(27)12-8-19)30-31(25(32)33)15-17-3-1-16(13-28)2-4-17/h1-12,14H,15H2. The maximum Gasteiger partial charge on any atom is 0.367 e. The Morgan fingerprint density at radius 1 is 0.848 bits per heavy atom. The van der Waals surface area contributed by atoms with Crippen molar-refractivity contribution in [1.29, 1.82) is 5.26 Å². The topological polar surface area (TPSA) is 76.0 Å². The number of hydrogen-bond donors (Lipinski definition) is 0. The molecule has 0 aliphatic carbocycles. The van der Waals surface area contributed by atoms with Crippen LogP contribution in [0.2, 0.25) is 0 Å². The maximum atomic E-state index is 13.6. The SMILES string of the molecule is N#Cc1ccc(Cn2nc3c(-c4ccc(F)cc4)c(-c4ccc(F)cc4)cnn3c2=O)cc1.